The molecule has 0 radical (unpaired) electrons. The van der Waals surface area contributed by atoms with Crippen LogP contribution in [0.1, 0.15) is 32.4 Å². The average Bonchev–Trinajstić information content (AvgIpc) is 3.04. The van der Waals surface area contributed by atoms with E-state index in [1.807, 2.05) is 33.8 Å². The van der Waals surface area contributed by atoms with Gasteiger partial charge in [0.25, 0.3) is 0 Å². The fourth-order valence-electron chi connectivity index (χ4n) is 3.42. The second-order valence-electron chi connectivity index (χ2n) is 7.51. The molecule has 3 rings (SSSR count). The quantitative estimate of drug-likeness (QED) is 0.722. The summed E-state index contributed by atoms with van der Waals surface area (Å²) in [4.78, 5) is 17.0. The van der Waals surface area contributed by atoms with Crippen LogP contribution in [0.3, 0.4) is 0 Å². The predicted octanol–water partition coefficient (Wildman–Crippen LogP) is 2.77. The number of para-hydroxylation sites is 1. The molecule has 2 heterocycles. The Morgan fingerprint density at radius 2 is 1.86 bits per heavy atom. The lowest BCUT2D eigenvalue weighted by molar-refractivity contribution is -0.117. The number of carbonyl (C=O) groups excluding carboxylic acids is 1. The Balaban J connectivity index is 1.47. The van der Waals surface area contributed by atoms with Crippen molar-refractivity contribution in [2.75, 3.05) is 38.0 Å². The van der Waals surface area contributed by atoms with E-state index in [1.165, 1.54) is 5.56 Å². The normalized spacial score (nSPS) is 15.9. The molecular weight excluding hydrogens is 372 g/mol. The molecule has 1 aromatic carbocycles. The Morgan fingerprint density at radius 1 is 1.18 bits per heavy atom. The maximum absolute atomic E-state index is 12.4. The van der Waals surface area contributed by atoms with Crippen molar-refractivity contribution in [3.05, 3.63) is 40.9 Å². The van der Waals surface area contributed by atoms with Gasteiger partial charge in [-0.15, -0.1) is 0 Å². The summed E-state index contributed by atoms with van der Waals surface area (Å²) >= 11 is 5.51. The zero-order chi connectivity index (χ0) is 20.1. The van der Waals surface area contributed by atoms with Crippen LogP contribution in [0.5, 0.6) is 0 Å². The van der Waals surface area contributed by atoms with Gasteiger partial charge in [0.05, 0.1) is 13.2 Å². The molecule has 0 bridgehead atoms. The van der Waals surface area contributed by atoms with Crippen molar-refractivity contribution in [2.24, 2.45) is 0 Å². The summed E-state index contributed by atoms with van der Waals surface area (Å²) in [5.41, 5.74) is 2.09. The van der Waals surface area contributed by atoms with Crippen LogP contribution in [0, 0.1) is 4.77 Å². The highest BCUT2D eigenvalue weighted by Gasteiger charge is 2.20. The Bertz CT molecular complexity index is 850. The number of benzene rings is 1. The topological polar surface area (TPSA) is 58.3 Å². The molecule has 0 saturated carbocycles. The van der Waals surface area contributed by atoms with Crippen LogP contribution in [0.25, 0.3) is 0 Å². The molecule has 8 heteroatoms. The molecule has 1 saturated heterocycles. The van der Waals surface area contributed by atoms with Gasteiger partial charge in [0, 0.05) is 37.9 Å². The van der Waals surface area contributed by atoms with E-state index < -0.39 is 0 Å². The average molecular weight is 403 g/mol. The van der Waals surface area contributed by atoms with Gasteiger partial charge in [0.15, 0.2) is 4.77 Å². The lowest BCUT2D eigenvalue weighted by Gasteiger charge is -2.34. The second kappa shape index (κ2) is 9.45. The number of aromatic nitrogens is 3. The summed E-state index contributed by atoms with van der Waals surface area (Å²) in [7, 11) is 0. The summed E-state index contributed by atoms with van der Waals surface area (Å²) in [5.74, 6) is 0.0484. The van der Waals surface area contributed by atoms with E-state index in [2.05, 4.69) is 47.1 Å². The molecule has 2 aromatic rings. The van der Waals surface area contributed by atoms with Crippen molar-refractivity contribution in [3.63, 3.8) is 0 Å². The number of aryl methyl sites for hydroxylation is 1. The second-order valence-corrected chi connectivity index (χ2v) is 7.87. The van der Waals surface area contributed by atoms with E-state index in [1.54, 1.807) is 0 Å². The molecule has 1 fully saturated rings. The highest BCUT2D eigenvalue weighted by molar-refractivity contribution is 7.71. The number of piperazine rings is 1. The van der Waals surface area contributed by atoms with E-state index in [-0.39, 0.29) is 5.91 Å². The number of carbonyl (C=O) groups is 1. The van der Waals surface area contributed by atoms with Crippen molar-refractivity contribution in [2.45, 2.75) is 39.9 Å². The summed E-state index contributed by atoms with van der Waals surface area (Å²) in [6.45, 7) is 10.9. The Labute approximate surface area is 171 Å². The standard InChI is InChI=1S/C20H30N6OS/c1-4-17-7-5-6-8-18(17)22-19(27)13-23-9-11-24(12-10-23)15-26-20(28)25(14-21-26)16(2)3/h5-8,14,16H,4,9-13,15H2,1-3H3,(H,22,27). The minimum Gasteiger partial charge on any atom is -0.325 e. The lowest BCUT2D eigenvalue weighted by Crippen LogP contribution is -2.49. The zero-order valence-electron chi connectivity index (χ0n) is 17.0. The third-order valence-corrected chi connectivity index (χ3v) is 5.57. The minimum absolute atomic E-state index is 0.0484. The number of amides is 1. The highest BCUT2D eigenvalue weighted by atomic mass is 32.1. The van der Waals surface area contributed by atoms with E-state index in [4.69, 9.17) is 12.2 Å². The van der Waals surface area contributed by atoms with Gasteiger partial charge in [-0.25, -0.2) is 4.68 Å². The summed E-state index contributed by atoms with van der Waals surface area (Å²) in [6.07, 6.45) is 2.71. The molecule has 1 N–H and O–H groups in total. The van der Waals surface area contributed by atoms with Gasteiger partial charge in [-0.3, -0.25) is 14.6 Å². The third-order valence-electron chi connectivity index (χ3n) is 5.15. The molecule has 1 amide bonds. The summed E-state index contributed by atoms with van der Waals surface area (Å²) in [5, 5.41) is 7.47. The smallest absolute Gasteiger partial charge is 0.238 e. The largest absolute Gasteiger partial charge is 0.325 e. The first-order valence-electron chi connectivity index (χ1n) is 9.94. The lowest BCUT2D eigenvalue weighted by atomic mass is 10.1. The van der Waals surface area contributed by atoms with Gasteiger partial charge in [-0.1, -0.05) is 25.1 Å². The van der Waals surface area contributed by atoms with Crippen LogP contribution in [0.15, 0.2) is 30.6 Å². The molecule has 152 valence electrons. The van der Waals surface area contributed by atoms with E-state index in [0.717, 1.165) is 43.1 Å². The van der Waals surface area contributed by atoms with E-state index in [0.29, 0.717) is 19.3 Å². The van der Waals surface area contributed by atoms with Crippen molar-refractivity contribution >= 4 is 23.8 Å². The molecule has 1 aromatic heterocycles. The van der Waals surface area contributed by atoms with Gasteiger partial charge in [0.1, 0.15) is 6.33 Å². The monoisotopic (exact) mass is 402 g/mol. The van der Waals surface area contributed by atoms with E-state index in [9.17, 15) is 4.79 Å². The van der Waals surface area contributed by atoms with E-state index >= 15 is 0 Å². The number of rotatable bonds is 7. The van der Waals surface area contributed by atoms with Gasteiger partial charge in [0.2, 0.25) is 5.91 Å². The van der Waals surface area contributed by atoms with Crippen molar-refractivity contribution < 1.29 is 4.79 Å². The first-order valence-corrected chi connectivity index (χ1v) is 10.3. The van der Waals surface area contributed by atoms with Crippen molar-refractivity contribution in [1.29, 1.82) is 0 Å². The molecule has 28 heavy (non-hydrogen) atoms. The molecule has 0 unspecified atom stereocenters. The Kier molecular flexibility index (Phi) is 6.98. The maximum atomic E-state index is 12.4. The fraction of sp³-hybridized carbons (Fsp3) is 0.550. The molecule has 1 aliphatic rings. The minimum atomic E-state index is 0.0484. The fourth-order valence-corrected chi connectivity index (χ4v) is 3.79. The van der Waals surface area contributed by atoms with Gasteiger partial charge < -0.3 is 9.88 Å². The summed E-state index contributed by atoms with van der Waals surface area (Å²) < 4.78 is 4.63. The van der Waals surface area contributed by atoms with Gasteiger partial charge in [-0.2, -0.15) is 5.10 Å². The zero-order valence-corrected chi connectivity index (χ0v) is 17.8. The Hall–Kier alpha value is -2.03. The van der Waals surface area contributed by atoms with Crippen molar-refractivity contribution in [3.8, 4) is 0 Å². The number of anilines is 1. The third kappa shape index (κ3) is 5.06. The van der Waals surface area contributed by atoms with Crippen LogP contribution in [0.2, 0.25) is 0 Å². The van der Waals surface area contributed by atoms with Crippen LogP contribution >= 0.6 is 12.2 Å². The molecular formula is C20H30N6OS. The van der Waals surface area contributed by atoms with Crippen LogP contribution in [-0.4, -0.2) is 62.8 Å². The molecule has 0 aliphatic carbocycles. The van der Waals surface area contributed by atoms with Gasteiger partial charge >= 0.3 is 0 Å². The number of hydrogen-bond acceptors (Lipinski definition) is 5. The Morgan fingerprint density at radius 3 is 2.50 bits per heavy atom. The highest BCUT2D eigenvalue weighted by Crippen LogP contribution is 2.15. The maximum Gasteiger partial charge on any atom is 0.238 e. The first-order chi connectivity index (χ1) is 13.5. The molecule has 0 spiro atoms. The number of nitrogens with one attached hydrogen (secondary N) is 1. The van der Waals surface area contributed by atoms with Crippen LogP contribution in [0.4, 0.5) is 5.69 Å². The van der Waals surface area contributed by atoms with Crippen molar-refractivity contribution in [1.82, 2.24) is 24.1 Å². The molecule has 1 aliphatic heterocycles. The van der Waals surface area contributed by atoms with Gasteiger partial charge in [-0.05, 0) is 44.1 Å². The first kappa shape index (κ1) is 20.7. The SMILES string of the molecule is CCc1ccccc1NC(=O)CN1CCN(Cn2ncn(C(C)C)c2=S)CC1. The number of nitrogens with zero attached hydrogens (tertiary/aromatic N) is 5. The molecule has 0 atom stereocenters. The van der Waals surface area contributed by atoms with Crippen LogP contribution < -0.4 is 5.32 Å². The van der Waals surface area contributed by atoms with Crippen LogP contribution in [-0.2, 0) is 17.9 Å². The predicted molar refractivity (Wildman–Crippen MR) is 114 cm³/mol. The molecule has 7 nitrogen and oxygen atoms in total. The summed E-state index contributed by atoms with van der Waals surface area (Å²) in [6, 6.07) is 8.30. The number of hydrogen-bond donors (Lipinski definition) is 1.